The molecule has 7 heteroatoms. The molecule has 0 aliphatic carbocycles. The fraction of sp³-hybridized carbons (Fsp3) is 0.438. The number of likely N-dealkylation sites (tertiary alicyclic amines) is 1. The van der Waals surface area contributed by atoms with Crippen molar-refractivity contribution in [1.29, 1.82) is 0 Å². The smallest absolute Gasteiger partial charge is 0.267 e. The molecule has 1 fully saturated rings. The van der Waals surface area contributed by atoms with E-state index in [9.17, 15) is 4.79 Å². The minimum Gasteiger partial charge on any atom is -0.485 e. The number of carbonyl (C=O) groups is 1. The summed E-state index contributed by atoms with van der Waals surface area (Å²) < 4.78 is 13.3. The largest absolute Gasteiger partial charge is 0.485 e. The van der Waals surface area contributed by atoms with Gasteiger partial charge in [-0.1, -0.05) is 12.1 Å². The number of rotatable bonds is 2. The van der Waals surface area contributed by atoms with Gasteiger partial charge >= 0.3 is 0 Å². The lowest BCUT2D eigenvalue weighted by atomic mass is 10.1. The highest BCUT2D eigenvalue weighted by molar-refractivity contribution is 5.82. The molecule has 0 saturated carbocycles. The molecular weight excluding hydrogens is 296 g/mol. The fourth-order valence-corrected chi connectivity index (χ4v) is 3.12. The number of nitrogens with zero attached hydrogens (tertiary/aromatic N) is 4. The van der Waals surface area contributed by atoms with Crippen molar-refractivity contribution in [3.63, 3.8) is 0 Å². The van der Waals surface area contributed by atoms with Crippen LogP contribution in [0, 0.1) is 0 Å². The molecule has 2 aliphatic heterocycles. The van der Waals surface area contributed by atoms with Gasteiger partial charge in [0, 0.05) is 13.1 Å². The number of hydrogen-bond donors (Lipinski definition) is 0. The minimum atomic E-state index is -0.584. The number of fused-ring (bicyclic) bond motifs is 1. The second-order valence-corrected chi connectivity index (χ2v) is 5.82. The van der Waals surface area contributed by atoms with Gasteiger partial charge in [-0.2, -0.15) is 5.10 Å². The van der Waals surface area contributed by atoms with Crippen LogP contribution in [0.3, 0.4) is 0 Å². The molecule has 120 valence electrons. The number of piperidine rings is 1. The summed E-state index contributed by atoms with van der Waals surface area (Å²) in [7, 11) is 0. The van der Waals surface area contributed by atoms with E-state index >= 15 is 0 Å². The van der Waals surface area contributed by atoms with Crippen LogP contribution in [0.15, 0.2) is 36.9 Å². The van der Waals surface area contributed by atoms with Crippen LogP contribution in [0.1, 0.15) is 18.9 Å². The lowest BCUT2D eigenvalue weighted by Crippen LogP contribution is -2.50. The average Bonchev–Trinajstić information content (AvgIpc) is 3.15. The van der Waals surface area contributed by atoms with E-state index in [1.165, 1.54) is 6.33 Å². The highest BCUT2D eigenvalue weighted by atomic mass is 16.6. The lowest BCUT2D eigenvalue weighted by Gasteiger charge is -2.35. The Labute approximate surface area is 133 Å². The molecular formula is C16H18N4O3. The van der Waals surface area contributed by atoms with E-state index < -0.39 is 6.10 Å². The molecule has 7 nitrogen and oxygen atoms in total. The van der Waals surface area contributed by atoms with E-state index in [-0.39, 0.29) is 18.6 Å². The standard InChI is InChI=1S/C16H18N4O3/c21-16(15-9-22-13-5-1-2-6-14(13)23-15)19-7-3-4-12(8-19)20-11-17-10-18-20/h1-2,5-6,10-12,15H,3-4,7-9H2/t12-,15+/m0/s1. The van der Waals surface area contributed by atoms with Crippen LogP contribution in [-0.2, 0) is 4.79 Å². The molecule has 2 atom stereocenters. The number of para-hydroxylation sites is 2. The first-order valence-corrected chi connectivity index (χ1v) is 7.82. The minimum absolute atomic E-state index is 0.0238. The maximum Gasteiger partial charge on any atom is 0.267 e. The van der Waals surface area contributed by atoms with Gasteiger partial charge in [-0.3, -0.25) is 4.79 Å². The molecule has 0 bridgehead atoms. The topological polar surface area (TPSA) is 69.5 Å². The Hall–Kier alpha value is -2.57. The van der Waals surface area contributed by atoms with Crippen molar-refractivity contribution < 1.29 is 14.3 Å². The fourth-order valence-electron chi connectivity index (χ4n) is 3.12. The normalized spacial score (nSPS) is 23.6. The summed E-state index contributed by atoms with van der Waals surface area (Å²) in [6.07, 6.45) is 4.59. The van der Waals surface area contributed by atoms with E-state index in [0.717, 1.165) is 19.4 Å². The Balaban J connectivity index is 1.45. The number of aromatic nitrogens is 3. The molecule has 0 spiro atoms. The van der Waals surface area contributed by atoms with Crippen LogP contribution in [0.25, 0.3) is 0 Å². The van der Waals surface area contributed by atoms with Crippen molar-refractivity contribution in [1.82, 2.24) is 19.7 Å². The molecule has 2 aliphatic rings. The van der Waals surface area contributed by atoms with Crippen molar-refractivity contribution >= 4 is 5.91 Å². The lowest BCUT2D eigenvalue weighted by molar-refractivity contribution is -0.143. The van der Waals surface area contributed by atoms with Crippen molar-refractivity contribution in [2.45, 2.75) is 25.0 Å². The predicted octanol–water partition coefficient (Wildman–Crippen LogP) is 1.28. The second kappa shape index (κ2) is 5.91. The van der Waals surface area contributed by atoms with E-state index in [1.807, 2.05) is 33.8 Å². The molecule has 23 heavy (non-hydrogen) atoms. The molecule has 1 amide bonds. The highest BCUT2D eigenvalue weighted by Crippen LogP contribution is 2.31. The van der Waals surface area contributed by atoms with Crippen molar-refractivity contribution in [3.05, 3.63) is 36.9 Å². The summed E-state index contributed by atoms with van der Waals surface area (Å²) in [5, 5.41) is 4.19. The first-order valence-electron chi connectivity index (χ1n) is 7.82. The summed E-state index contributed by atoms with van der Waals surface area (Å²) in [5.74, 6) is 1.29. The first-order chi connectivity index (χ1) is 11.3. The monoisotopic (exact) mass is 314 g/mol. The van der Waals surface area contributed by atoms with Crippen LogP contribution in [0.2, 0.25) is 0 Å². The van der Waals surface area contributed by atoms with Gasteiger partial charge < -0.3 is 14.4 Å². The van der Waals surface area contributed by atoms with Crippen LogP contribution < -0.4 is 9.47 Å². The predicted molar refractivity (Wildman–Crippen MR) is 81.2 cm³/mol. The first kappa shape index (κ1) is 14.0. The highest BCUT2D eigenvalue weighted by Gasteiger charge is 2.34. The number of benzene rings is 1. The van der Waals surface area contributed by atoms with Crippen molar-refractivity contribution in [3.8, 4) is 11.5 Å². The van der Waals surface area contributed by atoms with Crippen LogP contribution in [0.5, 0.6) is 11.5 Å². The van der Waals surface area contributed by atoms with E-state index in [0.29, 0.717) is 18.0 Å². The molecule has 1 aromatic heterocycles. The van der Waals surface area contributed by atoms with Gasteiger partial charge in [0.05, 0.1) is 6.04 Å². The Kier molecular flexibility index (Phi) is 3.61. The maximum atomic E-state index is 12.8. The molecule has 0 unspecified atom stereocenters. The van der Waals surface area contributed by atoms with Gasteiger partial charge in [0.2, 0.25) is 6.10 Å². The zero-order chi connectivity index (χ0) is 15.6. The maximum absolute atomic E-state index is 12.8. The number of ether oxygens (including phenoxy) is 2. The number of carbonyl (C=O) groups excluding carboxylic acids is 1. The second-order valence-electron chi connectivity index (χ2n) is 5.82. The summed E-state index contributed by atoms with van der Waals surface area (Å²) in [6, 6.07) is 7.60. The van der Waals surface area contributed by atoms with Gasteiger partial charge in [0.1, 0.15) is 19.3 Å². The summed E-state index contributed by atoms with van der Waals surface area (Å²) in [4.78, 5) is 18.6. The van der Waals surface area contributed by atoms with Gasteiger partial charge in [0.15, 0.2) is 11.5 Å². The van der Waals surface area contributed by atoms with Gasteiger partial charge in [-0.25, -0.2) is 9.67 Å². The molecule has 1 saturated heterocycles. The SMILES string of the molecule is O=C([C@H]1COc2ccccc2O1)N1CCC[C@H](n2cncn2)C1. The number of amides is 1. The van der Waals surface area contributed by atoms with E-state index in [1.54, 1.807) is 6.33 Å². The van der Waals surface area contributed by atoms with Crippen LogP contribution >= 0.6 is 0 Å². The van der Waals surface area contributed by atoms with Gasteiger partial charge in [-0.15, -0.1) is 0 Å². The summed E-state index contributed by atoms with van der Waals surface area (Å²) in [6.45, 7) is 1.62. The Morgan fingerprint density at radius 1 is 1.26 bits per heavy atom. The molecule has 3 heterocycles. The van der Waals surface area contributed by atoms with Crippen LogP contribution in [-0.4, -0.2) is 51.4 Å². The Morgan fingerprint density at radius 3 is 2.96 bits per heavy atom. The third kappa shape index (κ3) is 2.74. The Morgan fingerprint density at radius 2 is 2.13 bits per heavy atom. The molecule has 4 rings (SSSR count). The summed E-state index contributed by atoms with van der Waals surface area (Å²) >= 11 is 0. The molecule has 2 aromatic rings. The van der Waals surface area contributed by atoms with Crippen molar-refractivity contribution in [2.75, 3.05) is 19.7 Å². The van der Waals surface area contributed by atoms with E-state index in [2.05, 4.69) is 10.1 Å². The molecule has 0 N–H and O–H groups in total. The summed E-state index contributed by atoms with van der Waals surface area (Å²) in [5.41, 5.74) is 0. The number of hydrogen-bond acceptors (Lipinski definition) is 5. The quantitative estimate of drug-likeness (QED) is 0.835. The zero-order valence-corrected chi connectivity index (χ0v) is 12.7. The third-order valence-electron chi connectivity index (χ3n) is 4.30. The van der Waals surface area contributed by atoms with Crippen LogP contribution in [0.4, 0.5) is 0 Å². The van der Waals surface area contributed by atoms with Gasteiger partial charge in [0.25, 0.3) is 5.91 Å². The van der Waals surface area contributed by atoms with E-state index in [4.69, 9.17) is 9.47 Å². The van der Waals surface area contributed by atoms with Gasteiger partial charge in [-0.05, 0) is 25.0 Å². The molecule has 0 radical (unpaired) electrons. The third-order valence-corrected chi connectivity index (χ3v) is 4.30. The average molecular weight is 314 g/mol. The molecule has 1 aromatic carbocycles. The zero-order valence-electron chi connectivity index (χ0n) is 12.7. The Bertz CT molecular complexity index is 688. The van der Waals surface area contributed by atoms with Crippen molar-refractivity contribution in [2.24, 2.45) is 0 Å².